The lowest BCUT2D eigenvalue weighted by Gasteiger charge is -2.36. The van der Waals surface area contributed by atoms with E-state index < -0.39 is 0 Å². The maximum Gasteiger partial charge on any atom is 0.254 e. The second-order valence-electron chi connectivity index (χ2n) is 7.94. The molecule has 28 heavy (non-hydrogen) atoms. The molecule has 0 N–H and O–H groups in total. The summed E-state index contributed by atoms with van der Waals surface area (Å²) in [4.78, 5) is 43.1. The van der Waals surface area contributed by atoms with Crippen LogP contribution in [0.15, 0.2) is 24.3 Å². The van der Waals surface area contributed by atoms with Gasteiger partial charge in [0, 0.05) is 51.3 Å². The van der Waals surface area contributed by atoms with Gasteiger partial charge in [0.2, 0.25) is 11.8 Å². The maximum absolute atomic E-state index is 12.8. The highest BCUT2D eigenvalue weighted by atomic mass is 16.5. The predicted molar refractivity (Wildman–Crippen MR) is 105 cm³/mol. The van der Waals surface area contributed by atoms with Crippen LogP contribution >= 0.6 is 0 Å². The Morgan fingerprint density at radius 3 is 2.46 bits per heavy atom. The lowest BCUT2D eigenvalue weighted by Crippen LogP contribution is -2.52. The number of carbonyl (C=O) groups excluding carboxylic acids is 3. The van der Waals surface area contributed by atoms with Gasteiger partial charge < -0.3 is 19.4 Å². The Kier molecular flexibility index (Phi) is 6.21. The maximum atomic E-state index is 12.8. The summed E-state index contributed by atoms with van der Waals surface area (Å²) in [5, 5.41) is 0. The number of carbonyl (C=O) groups is 3. The minimum atomic E-state index is -0.258. The summed E-state index contributed by atoms with van der Waals surface area (Å²) in [5.41, 5.74) is 0.588. The number of hydrogen-bond acceptors (Lipinski definition) is 4. The van der Waals surface area contributed by atoms with Crippen LogP contribution in [-0.2, 0) is 9.59 Å². The van der Waals surface area contributed by atoms with Gasteiger partial charge in [-0.05, 0) is 24.1 Å². The molecule has 3 amide bonds. The van der Waals surface area contributed by atoms with Crippen molar-refractivity contribution in [2.45, 2.75) is 20.3 Å². The summed E-state index contributed by atoms with van der Waals surface area (Å²) in [7, 11) is 1.57. The molecule has 0 radical (unpaired) electrons. The first-order valence-corrected chi connectivity index (χ1v) is 9.89. The zero-order valence-corrected chi connectivity index (χ0v) is 16.9. The second kappa shape index (κ2) is 8.63. The topological polar surface area (TPSA) is 70.2 Å². The van der Waals surface area contributed by atoms with Crippen molar-refractivity contribution in [2.24, 2.45) is 11.8 Å². The summed E-state index contributed by atoms with van der Waals surface area (Å²) in [6.07, 6.45) is 0.300. The zero-order chi connectivity index (χ0) is 20.3. The highest BCUT2D eigenvalue weighted by Gasteiger charge is 2.37. The van der Waals surface area contributed by atoms with Crippen molar-refractivity contribution < 1.29 is 19.1 Å². The number of ether oxygens (including phenoxy) is 1. The van der Waals surface area contributed by atoms with Crippen LogP contribution in [0, 0.1) is 11.8 Å². The fraction of sp³-hybridized carbons (Fsp3) is 0.571. The van der Waals surface area contributed by atoms with Gasteiger partial charge in [-0.1, -0.05) is 19.9 Å². The number of rotatable bonds is 5. The van der Waals surface area contributed by atoms with E-state index in [-0.39, 0.29) is 23.6 Å². The smallest absolute Gasteiger partial charge is 0.254 e. The van der Waals surface area contributed by atoms with E-state index in [0.29, 0.717) is 62.9 Å². The average Bonchev–Trinajstić information content (AvgIpc) is 3.06. The fourth-order valence-corrected chi connectivity index (χ4v) is 3.88. The molecule has 2 aliphatic heterocycles. The Hall–Kier alpha value is -2.57. The standard InChI is InChI=1S/C21H29N3O4/c1-15(2)13-24-14-17(12-19(24)25)21(27)23-9-7-22(8-10-23)20(26)16-5-4-6-18(11-16)28-3/h4-6,11,15,17H,7-10,12-14H2,1-3H3/t17-/m1/s1. The van der Waals surface area contributed by atoms with E-state index in [0.717, 1.165) is 0 Å². The third kappa shape index (κ3) is 4.46. The highest BCUT2D eigenvalue weighted by molar-refractivity contribution is 5.95. The summed E-state index contributed by atoms with van der Waals surface area (Å²) < 4.78 is 5.18. The van der Waals surface area contributed by atoms with Crippen LogP contribution in [0.3, 0.4) is 0 Å². The molecule has 1 aromatic carbocycles. The van der Waals surface area contributed by atoms with Crippen molar-refractivity contribution in [2.75, 3.05) is 46.4 Å². The van der Waals surface area contributed by atoms with Crippen LogP contribution < -0.4 is 4.74 Å². The summed E-state index contributed by atoms with van der Waals surface area (Å²) in [6, 6.07) is 7.11. The van der Waals surface area contributed by atoms with Gasteiger partial charge in [0.1, 0.15) is 5.75 Å². The Morgan fingerprint density at radius 1 is 1.14 bits per heavy atom. The molecule has 7 nitrogen and oxygen atoms in total. The summed E-state index contributed by atoms with van der Waals surface area (Å²) in [5.74, 6) is 0.837. The quantitative estimate of drug-likeness (QED) is 0.767. The lowest BCUT2D eigenvalue weighted by atomic mass is 10.1. The Morgan fingerprint density at radius 2 is 1.82 bits per heavy atom. The van der Waals surface area contributed by atoms with Gasteiger partial charge in [-0.3, -0.25) is 14.4 Å². The molecule has 0 bridgehead atoms. The minimum absolute atomic E-state index is 0.0353. The Labute approximate surface area is 166 Å². The van der Waals surface area contributed by atoms with E-state index >= 15 is 0 Å². The van der Waals surface area contributed by atoms with E-state index in [9.17, 15) is 14.4 Å². The molecular formula is C21H29N3O4. The molecule has 2 fully saturated rings. The van der Waals surface area contributed by atoms with Gasteiger partial charge >= 0.3 is 0 Å². The van der Waals surface area contributed by atoms with Crippen molar-refractivity contribution in [3.63, 3.8) is 0 Å². The molecule has 0 spiro atoms. The van der Waals surface area contributed by atoms with Crippen molar-refractivity contribution in [1.82, 2.24) is 14.7 Å². The molecule has 2 aliphatic rings. The minimum Gasteiger partial charge on any atom is -0.497 e. The predicted octanol–water partition coefficient (Wildman–Crippen LogP) is 1.48. The molecule has 3 rings (SSSR count). The molecule has 0 aliphatic carbocycles. The molecule has 0 unspecified atom stereocenters. The van der Waals surface area contributed by atoms with Crippen LogP contribution in [0.1, 0.15) is 30.6 Å². The molecule has 1 aromatic rings. The molecule has 152 valence electrons. The van der Waals surface area contributed by atoms with Crippen molar-refractivity contribution in [1.29, 1.82) is 0 Å². The third-order valence-electron chi connectivity index (χ3n) is 5.34. The molecule has 0 aromatic heterocycles. The van der Waals surface area contributed by atoms with Crippen LogP contribution in [0.25, 0.3) is 0 Å². The fourth-order valence-electron chi connectivity index (χ4n) is 3.88. The largest absolute Gasteiger partial charge is 0.497 e. The molecule has 2 saturated heterocycles. The number of benzene rings is 1. The zero-order valence-electron chi connectivity index (χ0n) is 16.9. The van der Waals surface area contributed by atoms with E-state index in [2.05, 4.69) is 13.8 Å². The number of hydrogen-bond donors (Lipinski definition) is 0. The Bertz CT molecular complexity index is 741. The van der Waals surface area contributed by atoms with Crippen molar-refractivity contribution >= 4 is 17.7 Å². The van der Waals surface area contributed by atoms with Crippen LogP contribution in [0.2, 0.25) is 0 Å². The monoisotopic (exact) mass is 387 g/mol. The molecule has 7 heteroatoms. The van der Waals surface area contributed by atoms with Gasteiger partial charge in [0.15, 0.2) is 0 Å². The van der Waals surface area contributed by atoms with Gasteiger partial charge in [0.05, 0.1) is 13.0 Å². The van der Waals surface area contributed by atoms with Crippen LogP contribution in [0.4, 0.5) is 0 Å². The highest BCUT2D eigenvalue weighted by Crippen LogP contribution is 2.22. The Balaban J connectivity index is 1.54. The lowest BCUT2D eigenvalue weighted by molar-refractivity contribution is -0.137. The molecule has 0 saturated carbocycles. The normalized spacial score (nSPS) is 20.1. The number of nitrogens with zero attached hydrogens (tertiary/aromatic N) is 3. The molecule has 1 atom stereocenters. The van der Waals surface area contributed by atoms with E-state index in [1.54, 1.807) is 46.1 Å². The first-order chi connectivity index (χ1) is 13.4. The number of methoxy groups -OCH3 is 1. The van der Waals surface area contributed by atoms with E-state index in [4.69, 9.17) is 4.74 Å². The third-order valence-corrected chi connectivity index (χ3v) is 5.34. The average molecular weight is 387 g/mol. The molecule has 2 heterocycles. The van der Waals surface area contributed by atoms with Gasteiger partial charge in [0.25, 0.3) is 5.91 Å². The summed E-state index contributed by atoms with van der Waals surface area (Å²) >= 11 is 0. The van der Waals surface area contributed by atoms with Crippen molar-refractivity contribution in [3.8, 4) is 5.75 Å². The van der Waals surface area contributed by atoms with Crippen LogP contribution in [0.5, 0.6) is 5.75 Å². The van der Waals surface area contributed by atoms with Gasteiger partial charge in [-0.25, -0.2) is 0 Å². The van der Waals surface area contributed by atoms with E-state index in [1.807, 2.05) is 0 Å². The molecular weight excluding hydrogens is 358 g/mol. The van der Waals surface area contributed by atoms with E-state index in [1.165, 1.54) is 0 Å². The number of likely N-dealkylation sites (tertiary alicyclic amines) is 1. The first-order valence-electron chi connectivity index (χ1n) is 9.89. The summed E-state index contributed by atoms with van der Waals surface area (Å²) in [6.45, 7) is 7.36. The van der Waals surface area contributed by atoms with Gasteiger partial charge in [-0.2, -0.15) is 0 Å². The van der Waals surface area contributed by atoms with Gasteiger partial charge in [-0.15, -0.1) is 0 Å². The number of amides is 3. The first kappa shape index (κ1) is 20.2. The SMILES string of the molecule is COc1cccc(C(=O)N2CCN(C(=O)[C@@H]3CC(=O)N(CC(C)C)C3)CC2)c1. The van der Waals surface area contributed by atoms with Crippen LogP contribution in [-0.4, -0.2) is 78.8 Å². The second-order valence-corrected chi connectivity index (χ2v) is 7.94. The van der Waals surface area contributed by atoms with Crippen molar-refractivity contribution in [3.05, 3.63) is 29.8 Å². The number of piperazine rings is 1.